The van der Waals surface area contributed by atoms with Gasteiger partial charge in [-0.25, -0.2) is 4.98 Å². The van der Waals surface area contributed by atoms with Crippen molar-refractivity contribution in [1.82, 2.24) is 9.97 Å². The zero-order valence-electron chi connectivity index (χ0n) is 10.6. The number of nitrogens with one attached hydrogen (secondary N) is 1. The Bertz CT molecular complexity index is 827. The van der Waals surface area contributed by atoms with Gasteiger partial charge in [-0.15, -0.1) is 0 Å². The molecule has 3 rings (SSSR count). The number of furan rings is 1. The molecule has 104 valence electrons. The second kappa shape index (κ2) is 5.37. The first-order valence-corrected chi connectivity index (χ1v) is 5.97. The Morgan fingerprint density at radius 1 is 1.24 bits per heavy atom. The van der Waals surface area contributed by atoms with Crippen molar-refractivity contribution in [1.29, 1.82) is 0 Å². The first-order chi connectivity index (χ1) is 10.2. The number of hydrogen-bond acceptors (Lipinski definition) is 7. The highest BCUT2D eigenvalue weighted by atomic mass is 16.6. The van der Waals surface area contributed by atoms with E-state index in [2.05, 4.69) is 20.5 Å². The first-order valence-electron chi connectivity index (χ1n) is 5.97. The molecule has 0 saturated heterocycles. The highest BCUT2D eigenvalue weighted by Gasteiger charge is 2.10. The topological polar surface area (TPSA) is 106 Å². The van der Waals surface area contributed by atoms with Crippen LogP contribution in [0.4, 0.5) is 11.7 Å². The molecule has 1 N–H and O–H groups in total. The molecule has 0 atom stereocenters. The van der Waals surface area contributed by atoms with E-state index in [1.807, 2.05) is 24.3 Å². The van der Waals surface area contributed by atoms with Crippen LogP contribution in [0.25, 0.3) is 11.0 Å². The second-order valence-corrected chi connectivity index (χ2v) is 4.05. The van der Waals surface area contributed by atoms with Crippen molar-refractivity contribution >= 4 is 29.0 Å². The normalized spacial score (nSPS) is 11.0. The van der Waals surface area contributed by atoms with Gasteiger partial charge in [0.05, 0.1) is 29.5 Å². The third-order valence-corrected chi connectivity index (χ3v) is 2.61. The van der Waals surface area contributed by atoms with Crippen LogP contribution in [0.5, 0.6) is 0 Å². The van der Waals surface area contributed by atoms with E-state index in [1.54, 1.807) is 6.20 Å². The van der Waals surface area contributed by atoms with Crippen LogP contribution in [0.2, 0.25) is 0 Å². The fourth-order valence-electron chi connectivity index (χ4n) is 1.68. The highest BCUT2D eigenvalue weighted by Crippen LogP contribution is 2.14. The van der Waals surface area contributed by atoms with Gasteiger partial charge in [-0.2, -0.15) is 5.10 Å². The quantitative estimate of drug-likeness (QED) is 0.448. The number of rotatable bonds is 4. The van der Waals surface area contributed by atoms with Crippen LogP contribution in [0.15, 0.2) is 52.1 Å². The van der Waals surface area contributed by atoms with Crippen LogP contribution in [-0.4, -0.2) is 21.1 Å². The summed E-state index contributed by atoms with van der Waals surface area (Å²) in [5, 5.41) is 14.4. The molecule has 0 unspecified atom stereocenters. The van der Waals surface area contributed by atoms with Gasteiger partial charge in [0, 0.05) is 0 Å². The molecule has 0 saturated carbocycles. The third-order valence-electron chi connectivity index (χ3n) is 2.61. The van der Waals surface area contributed by atoms with Gasteiger partial charge in [-0.3, -0.25) is 20.5 Å². The lowest BCUT2D eigenvalue weighted by Gasteiger charge is -2.00. The van der Waals surface area contributed by atoms with Gasteiger partial charge in [0.15, 0.2) is 11.6 Å². The molecule has 0 aliphatic rings. The minimum atomic E-state index is -0.612. The van der Waals surface area contributed by atoms with E-state index in [-0.39, 0.29) is 11.6 Å². The van der Waals surface area contributed by atoms with Gasteiger partial charge < -0.3 is 4.42 Å². The molecule has 0 aliphatic carbocycles. The van der Waals surface area contributed by atoms with Crippen molar-refractivity contribution < 1.29 is 9.34 Å². The number of aromatic nitrogens is 2. The summed E-state index contributed by atoms with van der Waals surface area (Å²) >= 11 is 0. The Balaban J connectivity index is 1.73. The molecule has 3 aromatic rings. The lowest BCUT2D eigenvalue weighted by Crippen LogP contribution is -1.94. The first kappa shape index (κ1) is 12.7. The van der Waals surface area contributed by atoms with Crippen molar-refractivity contribution in [3.8, 4) is 0 Å². The molecule has 0 aliphatic heterocycles. The molecule has 0 spiro atoms. The molecule has 8 heteroatoms. The summed E-state index contributed by atoms with van der Waals surface area (Å²) in [7, 11) is 0. The number of hydrogen-bond donors (Lipinski definition) is 1. The Hall–Kier alpha value is -3.29. The van der Waals surface area contributed by atoms with E-state index in [0.717, 1.165) is 11.0 Å². The summed E-state index contributed by atoms with van der Waals surface area (Å²) in [6, 6.07) is 10.2. The average Bonchev–Trinajstić information content (AvgIpc) is 2.96. The van der Waals surface area contributed by atoms with E-state index in [9.17, 15) is 10.1 Å². The Labute approximate surface area is 118 Å². The van der Waals surface area contributed by atoms with Crippen LogP contribution < -0.4 is 5.43 Å². The van der Waals surface area contributed by atoms with Crippen molar-refractivity contribution in [3.63, 3.8) is 0 Å². The predicted octanol–water partition coefficient (Wildman–Crippen LogP) is 2.58. The molecule has 2 aromatic heterocycles. The maximum Gasteiger partial charge on any atom is 0.433 e. The third kappa shape index (κ3) is 2.84. The van der Waals surface area contributed by atoms with Crippen molar-refractivity contribution in [2.24, 2.45) is 5.10 Å². The van der Waals surface area contributed by atoms with E-state index in [4.69, 9.17) is 4.42 Å². The van der Waals surface area contributed by atoms with E-state index < -0.39 is 4.92 Å². The smallest absolute Gasteiger partial charge is 0.400 e. The summed E-state index contributed by atoms with van der Waals surface area (Å²) in [5.41, 5.74) is 4.22. The van der Waals surface area contributed by atoms with Gasteiger partial charge >= 0.3 is 5.88 Å². The summed E-state index contributed by atoms with van der Waals surface area (Å²) in [4.78, 5) is 18.4. The zero-order chi connectivity index (χ0) is 14.7. The SMILES string of the molecule is O=[N+]([O-])c1ccc(/C=N/Nc2cnc3ccccc3n2)o1. The van der Waals surface area contributed by atoms with Crippen molar-refractivity contribution in [3.05, 3.63) is 58.5 Å². The summed E-state index contributed by atoms with van der Waals surface area (Å²) in [6.07, 6.45) is 2.87. The van der Waals surface area contributed by atoms with Crippen LogP contribution in [0.1, 0.15) is 5.76 Å². The van der Waals surface area contributed by atoms with Crippen LogP contribution in [0, 0.1) is 10.1 Å². The molecular formula is C13H9N5O3. The molecule has 8 nitrogen and oxygen atoms in total. The fourth-order valence-corrected chi connectivity index (χ4v) is 1.68. The van der Waals surface area contributed by atoms with Gasteiger partial charge in [-0.1, -0.05) is 12.1 Å². The van der Waals surface area contributed by atoms with Gasteiger partial charge in [0.2, 0.25) is 0 Å². The Kier molecular flexibility index (Phi) is 3.26. The molecular weight excluding hydrogens is 274 g/mol. The Morgan fingerprint density at radius 3 is 2.81 bits per heavy atom. The lowest BCUT2D eigenvalue weighted by atomic mass is 10.3. The number of benzene rings is 1. The minimum Gasteiger partial charge on any atom is -0.400 e. The molecule has 0 fully saturated rings. The average molecular weight is 283 g/mol. The van der Waals surface area contributed by atoms with E-state index in [1.165, 1.54) is 18.3 Å². The monoisotopic (exact) mass is 283 g/mol. The molecule has 0 amide bonds. The predicted molar refractivity (Wildman–Crippen MR) is 76.1 cm³/mol. The molecule has 21 heavy (non-hydrogen) atoms. The van der Waals surface area contributed by atoms with Crippen LogP contribution >= 0.6 is 0 Å². The molecule has 2 heterocycles. The second-order valence-electron chi connectivity index (χ2n) is 4.05. The molecule has 1 aromatic carbocycles. The number of para-hydroxylation sites is 2. The zero-order valence-corrected chi connectivity index (χ0v) is 10.6. The van der Waals surface area contributed by atoms with Crippen LogP contribution in [0.3, 0.4) is 0 Å². The minimum absolute atomic E-state index is 0.267. The van der Waals surface area contributed by atoms with Gasteiger partial charge in [-0.05, 0) is 18.2 Å². The number of nitro groups is 1. The van der Waals surface area contributed by atoms with Gasteiger partial charge in [0.1, 0.15) is 4.92 Å². The fraction of sp³-hybridized carbons (Fsp3) is 0. The maximum atomic E-state index is 10.5. The van der Waals surface area contributed by atoms with E-state index in [0.29, 0.717) is 5.82 Å². The standard InChI is InChI=1S/C13H9N5O3/c19-18(20)13-6-5-9(21-13)7-15-17-12-8-14-10-3-1-2-4-11(10)16-12/h1-8H,(H,16,17)/b15-7+. The summed E-state index contributed by atoms with van der Waals surface area (Å²) in [6.45, 7) is 0. The number of fused-ring (bicyclic) bond motifs is 1. The lowest BCUT2D eigenvalue weighted by molar-refractivity contribution is -0.402. The summed E-state index contributed by atoms with van der Waals surface area (Å²) in [5.74, 6) is 0.399. The van der Waals surface area contributed by atoms with Crippen molar-refractivity contribution in [2.75, 3.05) is 5.43 Å². The number of nitrogens with zero attached hydrogens (tertiary/aromatic N) is 4. The number of anilines is 1. The molecule has 0 bridgehead atoms. The van der Waals surface area contributed by atoms with Crippen molar-refractivity contribution in [2.45, 2.75) is 0 Å². The maximum absolute atomic E-state index is 10.5. The molecule has 0 radical (unpaired) electrons. The van der Waals surface area contributed by atoms with Crippen LogP contribution in [-0.2, 0) is 0 Å². The van der Waals surface area contributed by atoms with E-state index >= 15 is 0 Å². The highest BCUT2D eigenvalue weighted by molar-refractivity contribution is 5.78. The Morgan fingerprint density at radius 2 is 2.05 bits per heavy atom. The number of hydrazone groups is 1. The van der Waals surface area contributed by atoms with Gasteiger partial charge in [0.25, 0.3) is 0 Å². The summed E-state index contributed by atoms with van der Waals surface area (Å²) < 4.78 is 4.93. The largest absolute Gasteiger partial charge is 0.433 e.